The number of halogens is 1. The first-order chi connectivity index (χ1) is 10.1. The molecule has 0 fully saturated rings. The van der Waals surface area contributed by atoms with Crippen molar-refractivity contribution in [2.45, 2.75) is 45.4 Å². The molecule has 0 aliphatic heterocycles. The molecular weight excluding hydrogens is 288 g/mol. The predicted molar refractivity (Wildman–Crippen MR) is 88.7 cm³/mol. The summed E-state index contributed by atoms with van der Waals surface area (Å²) in [6.07, 6.45) is 5.94. The molecule has 0 spiro atoms. The minimum absolute atomic E-state index is 0.0590. The number of nitrogen functional groups attached to an aromatic ring is 1. The van der Waals surface area contributed by atoms with Gasteiger partial charge in [-0.15, -0.1) is 0 Å². The van der Waals surface area contributed by atoms with Gasteiger partial charge in [-0.2, -0.15) is 0 Å². The maximum Gasteiger partial charge on any atom is 0.224 e. The number of amides is 1. The lowest BCUT2D eigenvalue weighted by molar-refractivity contribution is -0.116. The molecule has 0 atom stereocenters. The molecule has 1 aromatic carbocycles. The zero-order valence-corrected chi connectivity index (χ0v) is 13.4. The van der Waals surface area contributed by atoms with Crippen molar-refractivity contribution < 1.29 is 9.53 Å². The number of rotatable bonds is 10. The van der Waals surface area contributed by atoms with Gasteiger partial charge in [-0.1, -0.05) is 37.8 Å². The summed E-state index contributed by atoms with van der Waals surface area (Å²) < 4.78 is 5.50. The largest absolute Gasteiger partial charge is 0.399 e. The molecule has 0 unspecified atom stereocenters. The van der Waals surface area contributed by atoms with Gasteiger partial charge < -0.3 is 15.8 Å². The topological polar surface area (TPSA) is 64.3 Å². The fourth-order valence-electron chi connectivity index (χ4n) is 1.91. The summed E-state index contributed by atoms with van der Waals surface area (Å²) in [7, 11) is 0. The molecule has 1 amide bonds. The Morgan fingerprint density at radius 1 is 1.24 bits per heavy atom. The van der Waals surface area contributed by atoms with Crippen molar-refractivity contribution in [1.82, 2.24) is 0 Å². The van der Waals surface area contributed by atoms with Crippen molar-refractivity contribution in [2.75, 3.05) is 24.3 Å². The predicted octanol–water partition coefficient (Wildman–Crippen LogP) is 4.24. The summed E-state index contributed by atoms with van der Waals surface area (Å²) in [6, 6.07) is 5.04. The molecule has 0 saturated carbocycles. The van der Waals surface area contributed by atoms with Crippen LogP contribution in [0.3, 0.4) is 0 Å². The van der Waals surface area contributed by atoms with E-state index in [1.807, 2.05) is 0 Å². The Hall–Kier alpha value is -1.26. The summed E-state index contributed by atoms with van der Waals surface area (Å²) in [5.41, 5.74) is 6.77. The van der Waals surface area contributed by atoms with Crippen molar-refractivity contribution in [3.05, 3.63) is 23.2 Å². The lowest BCUT2D eigenvalue weighted by Gasteiger charge is -2.08. The van der Waals surface area contributed by atoms with Gasteiger partial charge in [0.1, 0.15) is 0 Å². The number of nitrogens with one attached hydrogen (secondary N) is 1. The van der Waals surface area contributed by atoms with Gasteiger partial charge in [-0.3, -0.25) is 4.79 Å². The second-order valence-corrected chi connectivity index (χ2v) is 5.47. The number of hydrogen-bond acceptors (Lipinski definition) is 3. The normalized spacial score (nSPS) is 10.6. The molecule has 1 aromatic rings. The van der Waals surface area contributed by atoms with Crippen LogP contribution in [0.5, 0.6) is 0 Å². The summed E-state index contributed by atoms with van der Waals surface area (Å²) in [4.78, 5) is 11.8. The van der Waals surface area contributed by atoms with Crippen molar-refractivity contribution in [1.29, 1.82) is 0 Å². The average Bonchev–Trinajstić information content (AvgIpc) is 2.45. The van der Waals surface area contributed by atoms with Gasteiger partial charge in [0, 0.05) is 25.3 Å². The fraction of sp³-hybridized carbons (Fsp3) is 0.562. The molecule has 21 heavy (non-hydrogen) atoms. The van der Waals surface area contributed by atoms with E-state index in [-0.39, 0.29) is 5.91 Å². The summed E-state index contributed by atoms with van der Waals surface area (Å²) in [5.74, 6) is -0.0590. The van der Waals surface area contributed by atoms with E-state index in [0.717, 1.165) is 13.0 Å². The van der Waals surface area contributed by atoms with Crippen LogP contribution in [0.2, 0.25) is 5.02 Å². The molecule has 0 radical (unpaired) electrons. The lowest BCUT2D eigenvalue weighted by Crippen LogP contribution is -2.12. The Morgan fingerprint density at radius 3 is 2.71 bits per heavy atom. The van der Waals surface area contributed by atoms with Gasteiger partial charge in [0.25, 0.3) is 0 Å². The Labute approximate surface area is 132 Å². The van der Waals surface area contributed by atoms with Crippen LogP contribution in [0.4, 0.5) is 11.4 Å². The molecule has 3 N–H and O–H groups in total. The van der Waals surface area contributed by atoms with Gasteiger partial charge in [0.15, 0.2) is 0 Å². The van der Waals surface area contributed by atoms with Crippen LogP contribution in [0.15, 0.2) is 18.2 Å². The summed E-state index contributed by atoms with van der Waals surface area (Å²) >= 11 is 6.00. The van der Waals surface area contributed by atoms with E-state index in [2.05, 4.69) is 12.2 Å². The van der Waals surface area contributed by atoms with Crippen LogP contribution in [0.25, 0.3) is 0 Å². The van der Waals surface area contributed by atoms with E-state index in [4.69, 9.17) is 22.1 Å². The third-order valence-electron chi connectivity index (χ3n) is 3.10. The Kier molecular flexibility index (Phi) is 8.87. The third kappa shape index (κ3) is 7.93. The first kappa shape index (κ1) is 17.8. The molecule has 5 heteroatoms. The van der Waals surface area contributed by atoms with Crippen LogP contribution in [-0.4, -0.2) is 19.1 Å². The molecule has 0 aliphatic carbocycles. The molecule has 1 rings (SSSR count). The highest BCUT2D eigenvalue weighted by atomic mass is 35.5. The number of hydrogen-bond donors (Lipinski definition) is 2. The molecular formula is C16H25ClN2O2. The molecule has 0 heterocycles. The number of carbonyl (C=O) groups excluding carboxylic acids is 1. The number of anilines is 2. The van der Waals surface area contributed by atoms with Crippen LogP contribution in [0, 0.1) is 0 Å². The standard InChI is InChI=1S/C16H25ClN2O2/c1-2-3-4-5-10-21-11-6-7-16(20)19-15-9-8-13(18)12-14(15)17/h8-9,12H,2-7,10-11,18H2,1H3,(H,19,20). The Balaban J connectivity index is 2.11. The van der Waals surface area contributed by atoms with Crippen LogP contribution in [-0.2, 0) is 9.53 Å². The van der Waals surface area contributed by atoms with Crippen molar-refractivity contribution in [2.24, 2.45) is 0 Å². The molecule has 4 nitrogen and oxygen atoms in total. The number of carbonyl (C=O) groups is 1. The number of ether oxygens (including phenoxy) is 1. The minimum atomic E-state index is -0.0590. The zero-order chi connectivity index (χ0) is 15.5. The monoisotopic (exact) mass is 312 g/mol. The summed E-state index contributed by atoms with van der Waals surface area (Å²) in [6.45, 7) is 3.59. The zero-order valence-electron chi connectivity index (χ0n) is 12.7. The average molecular weight is 313 g/mol. The maximum atomic E-state index is 11.8. The summed E-state index contributed by atoms with van der Waals surface area (Å²) in [5, 5.41) is 3.23. The smallest absolute Gasteiger partial charge is 0.224 e. The third-order valence-corrected chi connectivity index (χ3v) is 3.41. The van der Waals surface area contributed by atoms with E-state index >= 15 is 0 Å². The maximum absolute atomic E-state index is 11.8. The highest BCUT2D eigenvalue weighted by Crippen LogP contribution is 2.24. The van der Waals surface area contributed by atoms with E-state index in [0.29, 0.717) is 35.8 Å². The SMILES string of the molecule is CCCCCCOCCCC(=O)Nc1ccc(N)cc1Cl. The molecule has 118 valence electrons. The van der Waals surface area contributed by atoms with Crippen molar-refractivity contribution in [3.63, 3.8) is 0 Å². The highest BCUT2D eigenvalue weighted by molar-refractivity contribution is 6.34. The Bertz CT molecular complexity index is 438. The molecule has 0 bridgehead atoms. The van der Waals surface area contributed by atoms with Crippen LogP contribution < -0.4 is 11.1 Å². The lowest BCUT2D eigenvalue weighted by atomic mass is 10.2. The van der Waals surface area contributed by atoms with Gasteiger partial charge in [-0.05, 0) is 31.0 Å². The quantitative estimate of drug-likeness (QED) is 0.502. The molecule has 0 saturated heterocycles. The number of nitrogens with two attached hydrogens (primary N) is 1. The second-order valence-electron chi connectivity index (χ2n) is 5.06. The number of unbranched alkanes of at least 4 members (excludes halogenated alkanes) is 3. The minimum Gasteiger partial charge on any atom is -0.399 e. The van der Waals surface area contributed by atoms with Crippen LogP contribution in [0.1, 0.15) is 45.4 Å². The van der Waals surface area contributed by atoms with Crippen LogP contribution >= 0.6 is 11.6 Å². The van der Waals surface area contributed by atoms with Gasteiger partial charge >= 0.3 is 0 Å². The fourth-order valence-corrected chi connectivity index (χ4v) is 2.15. The van der Waals surface area contributed by atoms with Crippen molar-refractivity contribution >= 4 is 28.9 Å². The first-order valence-corrected chi connectivity index (χ1v) is 7.94. The number of benzene rings is 1. The van der Waals surface area contributed by atoms with Gasteiger partial charge in [-0.25, -0.2) is 0 Å². The van der Waals surface area contributed by atoms with E-state index in [1.165, 1.54) is 19.3 Å². The molecule has 0 aromatic heterocycles. The second kappa shape index (κ2) is 10.5. The molecule has 0 aliphatic rings. The first-order valence-electron chi connectivity index (χ1n) is 7.56. The van der Waals surface area contributed by atoms with Crippen molar-refractivity contribution in [3.8, 4) is 0 Å². The van der Waals surface area contributed by atoms with Gasteiger partial charge in [0.2, 0.25) is 5.91 Å². The van der Waals surface area contributed by atoms with Gasteiger partial charge in [0.05, 0.1) is 10.7 Å². The highest BCUT2D eigenvalue weighted by Gasteiger charge is 2.06. The van der Waals surface area contributed by atoms with E-state index < -0.39 is 0 Å². The van der Waals surface area contributed by atoms with E-state index in [1.54, 1.807) is 18.2 Å². The van der Waals surface area contributed by atoms with E-state index in [9.17, 15) is 4.79 Å². The Morgan fingerprint density at radius 2 is 2.00 bits per heavy atom.